The normalized spacial score (nSPS) is 10.8. The van der Waals surface area contributed by atoms with Crippen molar-refractivity contribution in [2.45, 2.75) is 25.2 Å². The van der Waals surface area contributed by atoms with Crippen molar-refractivity contribution in [1.82, 2.24) is 14.8 Å². The smallest absolute Gasteiger partial charge is 0.143 e. The summed E-state index contributed by atoms with van der Waals surface area (Å²) in [6, 6.07) is 7.84. The molecule has 1 heterocycles. The van der Waals surface area contributed by atoms with E-state index in [1.54, 1.807) is 0 Å². The number of hydrogen-bond acceptors (Lipinski definition) is 2. The lowest BCUT2D eigenvalue weighted by atomic mass is 10.1. The van der Waals surface area contributed by atoms with Crippen LogP contribution in [0.1, 0.15) is 24.1 Å². The summed E-state index contributed by atoms with van der Waals surface area (Å²) in [4.78, 5) is 0. The number of benzene rings is 1. The van der Waals surface area contributed by atoms with Gasteiger partial charge in [0.25, 0.3) is 0 Å². The van der Waals surface area contributed by atoms with Crippen molar-refractivity contribution in [2.75, 3.05) is 0 Å². The SMILES string of the molecule is CCn1c(CBr)nnc1Cc1cccc(Cl)c1. The van der Waals surface area contributed by atoms with Gasteiger partial charge in [-0.25, -0.2) is 0 Å². The first-order chi connectivity index (χ1) is 8.24. The van der Waals surface area contributed by atoms with Crippen LogP contribution in [-0.4, -0.2) is 14.8 Å². The molecule has 0 radical (unpaired) electrons. The quantitative estimate of drug-likeness (QED) is 0.809. The van der Waals surface area contributed by atoms with E-state index in [0.717, 1.165) is 40.5 Å². The lowest BCUT2D eigenvalue weighted by Gasteiger charge is -2.06. The van der Waals surface area contributed by atoms with Crippen LogP contribution in [0.3, 0.4) is 0 Å². The van der Waals surface area contributed by atoms with Gasteiger partial charge in [0.1, 0.15) is 11.6 Å². The molecule has 0 amide bonds. The fourth-order valence-corrected chi connectivity index (χ4v) is 2.42. The van der Waals surface area contributed by atoms with Gasteiger partial charge in [-0.15, -0.1) is 10.2 Å². The molecule has 0 saturated heterocycles. The van der Waals surface area contributed by atoms with Gasteiger partial charge < -0.3 is 4.57 Å². The molecule has 0 atom stereocenters. The van der Waals surface area contributed by atoms with E-state index in [4.69, 9.17) is 11.6 Å². The molecule has 1 aromatic heterocycles. The summed E-state index contributed by atoms with van der Waals surface area (Å²) in [6.45, 7) is 2.97. The third-order valence-electron chi connectivity index (χ3n) is 2.59. The average molecular weight is 315 g/mol. The number of hydrogen-bond donors (Lipinski definition) is 0. The third-order valence-corrected chi connectivity index (χ3v) is 3.33. The number of nitrogens with zero attached hydrogens (tertiary/aromatic N) is 3. The fourth-order valence-electron chi connectivity index (χ4n) is 1.80. The van der Waals surface area contributed by atoms with Crippen molar-refractivity contribution in [3.8, 4) is 0 Å². The molecular formula is C12H13BrClN3. The maximum absolute atomic E-state index is 5.97. The first kappa shape index (κ1) is 12.6. The number of halogens is 2. The largest absolute Gasteiger partial charge is 0.314 e. The molecule has 1 aromatic carbocycles. The Labute approximate surface area is 114 Å². The lowest BCUT2D eigenvalue weighted by molar-refractivity contribution is 0.688. The minimum absolute atomic E-state index is 0.726. The predicted octanol–water partition coefficient (Wildman–Crippen LogP) is 3.44. The Morgan fingerprint density at radius 2 is 2.06 bits per heavy atom. The molecule has 0 bridgehead atoms. The van der Waals surface area contributed by atoms with Crippen LogP contribution in [0.25, 0.3) is 0 Å². The number of alkyl halides is 1. The molecule has 90 valence electrons. The van der Waals surface area contributed by atoms with Gasteiger partial charge in [0.05, 0.1) is 5.33 Å². The van der Waals surface area contributed by atoms with Crippen LogP contribution in [0, 0.1) is 0 Å². The molecule has 0 aliphatic carbocycles. The first-order valence-electron chi connectivity index (χ1n) is 5.46. The van der Waals surface area contributed by atoms with Gasteiger partial charge in [0.15, 0.2) is 0 Å². The van der Waals surface area contributed by atoms with E-state index in [-0.39, 0.29) is 0 Å². The van der Waals surface area contributed by atoms with E-state index in [2.05, 4.69) is 37.6 Å². The third kappa shape index (κ3) is 2.87. The Morgan fingerprint density at radius 3 is 2.71 bits per heavy atom. The Hall–Kier alpha value is -0.870. The van der Waals surface area contributed by atoms with E-state index >= 15 is 0 Å². The highest BCUT2D eigenvalue weighted by Gasteiger charge is 2.10. The Morgan fingerprint density at radius 1 is 1.29 bits per heavy atom. The number of aromatic nitrogens is 3. The predicted molar refractivity (Wildman–Crippen MR) is 72.6 cm³/mol. The standard InChI is InChI=1S/C12H13BrClN3/c1-2-17-11(15-16-12(17)8-13)7-9-4-3-5-10(14)6-9/h3-6H,2,7-8H2,1H3. The monoisotopic (exact) mass is 313 g/mol. The Balaban J connectivity index is 2.27. The highest BCUT2D eigenvalue weighted by Crippen LogP contribution is 2.15. The molecule has 3 nitrogen and oxygen atoms in total. The van der Waals surface area contributed by atoms with Crippen molar-refractivity contribution in [1.29, 1.82) is 0 Å². The molecule has 0 saturated carbocycles. The van der Waals surface area contributed by atoms with E-state index in [1.807, 2.05) is 24.3 Å². The van der Waals surface area contributed by atoms with Crippen LogP contribution in [-0.2, 0) is 18.3 Å². The second-order valence-corrected chi connectivity index (χ2v) is 4.71. The van der Waals surface area contributed by atoms with Gasteiger partial charge >= 0.3 is 0 Å². The second-order valence-electron chi connectivity index (χ2n) is 3.72. The minimum atomic E-state index is 0.726. The van der Waals surface area contributed by atoms with Gasteiger partial charge in [-0.1, -0.05) is 39.7 Å². The molecule has 5 heteroatoms. The van der Waals surface area contributed by atoms with Crippen LogP contribution in [0.15, 0.2) is 24.3 Å². The first-order valence-corrected chi connectivity index (χ1v) is 6.96. The van der Waals surface area contributed by atoms with Gasteiger partial charge in [-0.2, -0.15) is 0 Å². The summed E-state index contributed by atoms with van der Waals surface area (Å²) in [5.41, 5.74) is 1.15. The van der Waals surface area contributed by atoms with E-state index in [9.17, 15) is 0 Å². The van der Waals surface area contributed by atoms with Crippen molar-refractivity contribution in [2.24, 2.45) is 0 Å². The van der Waals surface area contributed by atoms with Crippen LogP contribution in [0.5, 0.6) is 0 Å². The maximum atomic E-state index is 5.97. The highest BCUT2D eigenvalue weighted by atomic mass is 79.9. The van der Waals surface area contributed by atoms with Crippen molar-refractivity contribution < 1.29 is 0 Å². The molecule has 17 heavy (non-hydrogen) atoms. The summed E-state index contributed by atoms with van der Waals surface area (Å²) >= 11 is 9.38. The molecular weight excluding hydrogens is 302 g/mol. The molecule has 0 aliphatic rings. The van der Waals surface area contributed by atoms with Crippen LogP contribution < -0.4 is 0 Å². The summed E-state index contributed by atoms with van der Waals surface area (Å²) in [7, 11) is 0. The Kier molecular flexibility index (Phi) is 4.18. The fraction of sp³-hybridized carbons (Fsp3) is 0.333. The molecule has 2 aromatic rings. The zero-order chi connectivity index (χ0) is 12.3. The van der Waals surface area contributed by atoms with E-state index in [0.29, 0.717) is 0 Å². The van der Waals surface area contributed by atoms with Crippen LogP contribution in [0.4, 0.5) is 0 Å². The van der Waals surface area contributed by atoms with Gasteiger partial charge in [-0.05, 0) is 24.6 Å². The summed E-state index contributed by atoms with van der Waals surface area (Å²) in [5.74, 6) is 1.94. The van der Waals surface area contributed by atoms with E-state index in [1.165, 1.54) is 0 Å². The minimum Gasteiger partial charge on any atom is -0.314 e. The van der Waals surface area contributed by atoms with Crippen molar-refractivity contribution >= 4 is 27.5 Å². The van der Waals surface area contributed by atoms with Crippen LogP contribution >= 0.6 is 27.5 Å². The summed E-state index contributed by atoms with van der Waals surface area (Å²) < 4.78 is 2.12. The van der Waals surface area contributed by atoms with E-state index < -0.39 is 0 Å². The molecule has 0 N–H and O–H groups in total. The van der Waals surface area contributed by atoms with Gasteiger partial charge in [0, 0.05) is 18.0 Å². The molecule has 0 aliphatic heterocycles. The molecule has 0 fully saturated rings. The van der Waals surface area contributed by atoms with Gasteiger partial charge in [0.2, 0.25) is 0 Å². The maximum Gasteiger partial charge on any atom is 0.143 e. The lowest BCUT2D eigenvalue weighted by Crippen LogP contribution is -2.05. The average Bonchev–Trinajstić information content (AvgIpc) is 2.71. The second kappa shape index (κ2) is 5.65. The van der Waals surface area contributed by atoms with Crippen molar-refractivity contribution in [3.05, 3.63) is 46.5 Å². The molecule has 0 spiro atoms. The number of rotatable bonds is 4. The zero-order valence-corrected chi connectivity index (χ0v) is 11.9. The van der Waals surface area contributed by atoms with Gasteiger partial charge in [-0.3, -0.25) is 0 Å². The summed E-state index contributed by atoms with van der Waals surface area (Å²) in [6.07, 6.45) is 0.758. The molecule has 2 rings (SSSR count). The topological polar surface area (TPSA) is 30.7 Å². The highest BCUT2D eigenvalue weighted by molar-refractivity contribution is 9.08. The summed E-state index contributed by atoms with van der Waals surface area (Å²) in [5, 5.41) is 9.86. The van der Waals surface area contributed by atoms with Crippen LogP contribution in [0.2, 0.25) is 5.02 Å². The Bertz CT molecular complexity index is 510. The molecule has 0 unspecified atom stereocenters. The van der Waals surface area contributed by atoms with Crippen molar-refractivity contribution in [3.63, 3.8) is 0 Å². The zero-order valence-electron chi connectivity index (χ0n) is 9.53.